The molecule has 0 heterocycles. The number of carbonyl (C=O) groups is 1. The molecule has 20 heavy (non-hydrogen) atoms. The first-order chi connectivity index (χ1) is 9.58. The van der Waals surface area contributed by atoms with Crippen molar-refractivity contribution < 1.29 is 19.0 Å². The van der Waals surface area contributed by atoms with Crippen molar-refractivity contribution in [2.75, 3.05) is 6.61 Å². The summed E-state index contributed by atoms with van der Waals surface area (Å²) in [7, 11) is 0. The lowest BCUT2D eigenvalue weighted by Gasteiger charge is -2.15. The summed E-state index contributed by atoms with van der Waals surface area (Å²) in [6.07, 6.45) is 0. The molecule has 0 fully saturated rings. The summed E-state index contributed by atoms with van der Waals surface area (Å²) in [5.41, 5.74) is 0.646. The SMILES string of the molecule is O=C(O)C(COc1cc(F)ccc1Br)c1ccccc1. The number of halogens is 2. The second kappa shape index (κ2) is 6.52. The van der Waals surface area contributed by atoms with Crippen molar-refractivity contribution in [1.82, 2.24) is 0 Å². The largest absolute Gasteiger partial charge is 0.491 e. The summed E-state index contributed by atoms with van der Waals surface area (Å²) in [6, 6.07) is 12.8. The molecule has 0 aliphatic heterocycles. The van der Waals surface area contributed by atoms with Gasteiger partial charge in [0.15, 0.2) is 0 Å². The maximum Gasteiger partial charge on any atom is 0.314 e. The monoisotopic (exact) mass is 338 g/mol. The Morgan fingerprint density at radius 3 is 2.60 bits per heavy atom. The minimum Gasteiger partial charge on any atom is -0.491 e. The van der Waals surface area contributed by atoms with Gasteiger partial charge in [-0.2, -0.15) is 0 Å². The van der Waals surface area contributed by atoms with Crippen molar-refractivity contribution in [3.05, 3.63) is 64.4 Å². The molecule has 2 aromatic carbocycles. The third-order valence-electron chi connectivity index (χ3n) is 2.80. The average Bonchev–Trinajstić information content (AvgIpc) is 2.43. The standard InChI is InChI=1S/C15H12BrFO3/c16-13-7-6-11(17)8-14(13)20-9-12(15(18)19)10-4-2-1-3-5-10/h1-8,12H,9H2,(H,18,19). The minimum absolute atomic E-state index is 0.0681. The number of rotatable bonds is 5. The quantitative estimate of drug-likeness (QED) is 0.900. The third kappa shape index (κ3) is 3.57. The van der Waals surface area contributed by atoms with Crippen LogP contribution in [0.15, 0.2) is 53.0 Å². The topological polar surface area (TPSA) is 46.5 Å². The fourth-order valence-corrected chi connectivity index (χ4v) is 2.12. The maximum absolute atomic E-state index is 13.1. The van der Waals surface area contributed by atoms with E-state index in [-0.39, 0.29) is 12.4 Å². The zero-order valence-corrected chi connectivity index (χ0v) is 12.0. The lowest BCUT2D eigenvalue weighted by atomic mass is 10.0. The first-order valence-electron chi connectivity index (χ1n) is 5.93. The molecule has 2 rings (SSSR count). The third-order valence-corrected chi connectivity index (χ3v) is 3.45. The first kappa shape index (κ1) is 14.5. The molecular formula is C15H12BrFO3. The average molecular weight is 339 g/mol. The molecule has 1 N–H and O–H groups in total. The number of hydrogen-bond acceptors (Lipinski definition) is 2. The summed E-state index contributed by atoms with van der Waals surface area (Å²) in [5, 5.41) is 9.26. The van der Waals surface area contributed by atoms with E-state index in [0.29, 0.717) is 10.0 Å². The van der Waals surface area contributed by atoms with Crippen LogP contribution in [0.5, 0.6) is 5.75 Å². The zero-order valence-electron chi connectivity index (χ0n) is 10.4. The van der Waals surface area contributed by atoms with Crippen LogP contribution in [0.4, 0.5) is 4.39 Å². The lowest BCUT2D eigenvalue weighted by molar-refractivity contribution is -0.139. The Hall–Kier alpha value is -1.88. The van der Waals surface area contributed by atoms with Gasteiger partial charge in [0.05, 0.1) is 4.47 Å². The van der Waals surface area contributed by atoms with Crippen LogP contribution in [0.1, 0.15) is 11.5 Å². The molecule has 0 spiro atoms. The van der Waals surface area contributed by atoms with Gasteiger partial charge in [-0.25, -0.2) is 4.39 Å². The molecule has 5 heteroatoms. The van der Waals surface area contributed by atoms with E-state index in [4.69, 9.17) is 4.74 Å². The molecule has 104 valence electrons. The summed E-state index contributed by atoms with van der Waals surface area (Å²) >= 11 is 3.23. The van der Waals surface area contributed by atoms with Crippen molar-refractivity contribution in [3.63, 3.8) is 0 Å². The Balaban J connectivity index is 2.14. The van der Waals surface area contributed by atoms with Crippen LogP contribution in [0, 0.1) is 5.82 Å². The number of aliphatic carboxylic acids is 1. The van der Waals surface area contributed by atoms with Gasteiger partial charge in [0.1, 0.15) is 24.1 Å². The smallest absolute Gasteiger partial charge is 0.314 e. The van der Waals surface area contributed by atoms with E-state index in [9.17, 15) is 14.3 Å². The molecule has 0 saturated heterocycles. The molecule has 0 amide bonds. The Morgan fingerprint density at radius 1 is 1.25 bits per heavy atom. The summed E-state index contributed by atoms with van der Waals surface area (Å²) in [6.45, 7) is -0.0681. The van der Waals surface area contributed by atoms with Crippen molar-refractivity contribution in [1.29, 1.82) is 0 Å². The summed E-state index contributed by atoms with van der Waals surface area (Å²) in [4.78, 5) is 11.3. The van der Waals surface area contributed by atoms with Crippen LogP contribution in [-0.4, -0.2) is 17.7 Å². The van der Waals surface area contributed by atoms with E-state index in [1.54, 1.807) is 24.3 Å². The fraction of sp³-hybridized carbons (Fsp3) is 0.133. The van der Waals surface area contributed by atoms with Crippen LogP contribution in [-0.2, 0) is 4.79 Å². The van der Waals surface area contributed by atoms with Crippen LogP contribution < -0.4 is 4.74 Å². The summed E-state index contributed by atoms with van der Waals surface area (Å²) < 4.78 is 19.1. The normalized spacial score (nSPS) is 11.9. The van der Waals surface area contributed by atoms with Gasteiger partial charge in [-0.15, -0.1) is 0 Å². The van der Waals surface area contributed by atoms with E-state index in [1.807, 2.05) is 6.07 Å². The zero-order chi connectivity index (χ0) is 14.5. The van der Waals surface area contributed by atoms with Gasteiger partial charge in [-0.1, -0.05) is 30.3 Å². The van der Waals surface area contributed by atoms with E-state index in [1.165, 1.54) is 18.2 Å². The molecule has 0 radical (unpaired) electrons. The fourth-order valence-electron chi connectivity index (χ4n) is 1.76. The van der Waals surface area contributed by atoms with Crippen molar-refractivity contribution >= 4 is 21.9 Å². The van der Waals surface area contributed by atoms with Crippen LogP contribution in [0.3, 0.4) is 0 Å². The van der Waals surface area contributed by atoms with Gasteiger partial charge < -0.3 is 9.84 Å². The van der Waals surface area contributed by atoms with E-state index >= 15 is 0 Å². The van der Waals surface area contributed by atoms with E-state index in [0.717, 1.165) is 0 Å². The predicted octanol–water partition coefficient (Wildman–Crippen LogP) is 3.84. The van der Waals surface area contributed by atoms with Crippen LogP contribution in [0.2, 0.25) is 0 Å². The highest BCUT2D eigenvalue weighted by Crippen LogP contribution is 2.27. The number of carboxylic acid groups (broad SMARTS) is 1. The second-order valence-electron chi connectivity index (χ2n) is 4.19. The Kier molecular flexibility index (Phi) is 4.74. The van der Waals surface area contributed by atoms with Crippen molar-refractivity contribution in [2.24, 2.45) is 0 Å². The van der Waals surface area contributed by atoms with Gasteiger partial charge in [-0.3, -0.25) is 4.79 Å². The highest BCUT2D eigenvalue weighted by molar-refractivity contribution is 9.10. The highest BCUT2D eigenvalue weighted by atomic mass is 79.9. The van der Waals surface area contributed by atoms with Crippen molar-refractivity contribution in [3.8, 4) is 5.75 Å². The Morgan fingerprint density at radius 2 is 1.95 bits per heavy atom. The number of benzene rings is 2. The highest BCUT2D eigenvalue weighted by Gasteiger charge is 2.21. The first-order valence-corrected chi connectivity index (χ1v) is 6.73. The number of ether oxygens (including phenoxy) is 1. The van der Waals surface area contributed by atoms with Gasteiger partial charge >= 0.3 is 5.97 Å². The molecular weight excluding hydrogens is 327 g/mol. The molecule has 3 nitrogen and oxygen atoms in total. The van der Waals surface area contributed by atoms with Crippen LogP contribution >= 0.6 is 15.9 Å². The molecule has 1 unspecified atom stereocenters. The molecule has 2 aromatic rings. The molecule has 0 saturated carbocycles. The van der Waals surface area contributed by atoms with E-state index < -0.39 is 17.7 Å². The van der Waals surface area contributed by atoms with Gasteiger partial charge in [-0.05, 0) is 33.6 Å². The van der Waals surface area contributed by atoms with E-state index in [2.05, 4.69) is 15.9 Å². The maximum atomic E-state index is 13.1. The van der Waals surface area contributed by atoms with Gasteiger partial charge in [0.2, 0.25) is 0 Å². The molecule has 0 aliphatic carbocycles. The Bertz CT molecular complexity index is 601. The predicted molar refractivity (Wildman–Crippen MR) is 76.4 cm³/mol. The number of hydrogen-bond donors (Lipinski definition) is 1. The Labute approximate surface area is 124 Å². The molecule has 0 aromatic heterocycles. The van der Waals surface area contributed by atoms with Gasteiger partial charge in [0, 0.05) is 6.07 Å². The second-order valence-corrected chi connectivity index (χ2v) is 5.04. The molecule has 0 bridgehead atoms. The van der Waals surface area contributed by atoms with Gasteiger partial charge in [0.25, 0.3) is 0 Å². The summed E-state index contributed by atoms with van der Waals surface area (Å²) in [5.74, 6) is -1.93. The lowest BCUT2D eigenvalue weighted by Crippen LogP contribution is -2.19. The molecule has 1 atom stereocenters. The number of carboxylic acids is 1. The van der Waals surface area contributed by atoms with Crippen LogP contribution in [0.25, 0.3) is 0 Å². The minimum atomic E-state index is -0.983. The van der Waals surface area contributed by atoms with Crippen molar-refractivity contribution in [2.45, 2.75) is 5.92 Å². The molecule has 0 aliphatic rings.